The molecular formula is C19H19BrN2O. The number of aromatic nitrogens is 1. The zero-order valence-electron chi connectivity index (χ0n) is 13.5. The highest BCUT2D eigenvalue weighted by Crippen LogP contribution is 2.25. The Morgan fingerprint density at radius 3 is 2.70 bits per heavy atom. The van der Waals surface area contributed by atoms with E-state index < -0.39 is 0 Å². The summed E-state index contributed by atoms with van der Waals surface area (Å²) < 4.78 is 3.18. The average Bonchev–Trinajstić information content (AvgIpc) is 2.77. The van der Waals surface area contributed by atoms with Gasteiger partial charge in [-0.25, -0.2) is 0 Å². The van der Waals surface area contributed by atoms with Crippen molar-refractivity contribution >= 4 is 32.7 Å². The van der Waals surface area contributed by atoms with Gasteiger partial charge in [-0.15, -0.1) is 0 Å². The summed E-state index contributed by atoms with van der Waals surface area (Å²) in [4.78, 5) is 12.4. The second-order valence-electron chi connectivity index (χ2n) is 5.81. The van der Waals surface area contributed by atoms with E-state index >= 15 is 0 Å². The van der Waals surface area contributed by atoms with Gasteiger partial charge in [-0.2, -0.15) is 0 Å². The van der Waals surface area contributed by atoms with Crippen molar-refractivity contribution in [3.05, 3.63) is 69.3 Å². The molecule has 2 aromatic carbocycles. The van der Waals surface area contributed by atoms with Crippen LogP contribution in [-0.4, -0.2) is 10.5 Å². The molecule has 0 aliphatic carbocycles. The molecule has 0 saturated heterocycles. The van der Waals surface area contributed by atoms with E-state index in [0.29, 0.717) is 12.1 Å². The normalized spacial score (nSPS) is 11.0. The number of amides is 1. The lowest BCUT2D eigenvalue weighted by atomic mass is 10.1. The molecule has 4 heteroatoms. The highest BCUT2D eigenvalue weighted by Gasteiger charge is 2.12. The Balaban J connectivity index is 1.82. The number of halogens is 1. The Labute approximate surface area is 144 Å². The van der Waals surface area contributed by atoms with Crippen LogP contribution in [0, 0.1) is 13.8 Å². The quantitative estimate of drug-likeness (QED) is 0.723. The molecule has 0 atom stereocenters. The van der Waals surface area contributed by atoms with Gasteiger partial charge >= 0.3 is 0 Å². The summed E-state index contributed by atoms with van der Waals surface area (Å²) in [6.07, 6.45) is 0. The topological polar surface area (TPSA) is 34.0 Å². The molecule has 3 rings (SSSR count). The number of nitrogens with zero attached hydrogens (tertiary/aromatic N) is 1. The summed E-state index contributed by atoms with van der Waals surface area (Å²) in [6, 6.07) is 13.8. The molecule has 0 bridgehead atoms. The third-order valence-electron chi connectivity index (χ3n) is 4.41. The van der Waals surface area contributed by atoms with Crippen molar-refractivity contribution in [3.63, 3.8) is 0 Å². The Bertz CT molecular complexity index is 896. The maximum absolute atomic E-state index is 12.4. The number of hydrogen-bond donors (Lipinski definition) is 1. The number of carbonyl (C=O) groups is 1. The van der Waals surface area contributed by atoms with E-state index in [9.17, 15) is 4.79 Å². The predicted octanol–water partition coefficient (Wildman–Crippen LogP) is 4.49. The number of hydrogen-bond acceptors (Lipinski definition) is 1. The molecular weight excluding hydrogens is 352 g/mol. The molecule has 1 amide bonds. The summed E-state index contributed by atoms with van der Waals surface area (Å²) >= 11 is 3.44. The summed E-state index contributed by atoms with van der Waals surface area (Å²) in [7, 11) is 2.05. The lowest BCUT2D eigenvalue weighted by Crippen LogP contribution is -2.22. The van der Waals surface area contributed by atoms with Gasteiger partial charge in [0.25, 0.3) is 5.91 Å². The molecule has 23 heavy (non-hydrogen) atoms. The van der Waals surface area contributed by atoms with Crippen molar-refractivity contribution < 1.29 is 4.79 Å². The highest BCUT2D eigenvalue weighted by atomic mass is 79.9. The van der Waals surface area contributed by atoms with E-state index in [2.05, 4.69) is 46.7 Å². The monoisotopic (exact) mass is 370 g/mol. The average molecular weight is 371 g/mol. The molecule has 1 heterocycles. The summed E-state index contributed by atoms with van der Waals surface area (Å²) in [5.41, 5.74) is 5.38. The molecule has 0 radical (unpaired) electrons. The number of fused-ring (bicyclic) bond motifs is 1. The Morgan fingerprint density at radius 2 is 1.96 bits per heavy atom. The van der Waals surface area contributed by atoms with E-state index in [1.807, 2.05) is 42.5 Å². The minimum absolute atomic E-state index is 0.0484. The van der Waals surface area contributed by atoms with Crippen LogP contribution in [0.2, 0.25) is 0 Å². The van der Waals surface area contributed by atoms with E-state index in [0.717, 1.165) is 20.9 Å². The molecule has 0 spiro atoms. The van der Waals surface area contributed by atoms with E-state index in [1.165, 1.54) is 11.3 Å². The fraction of sp³-hybridized carbons (Fsp3) is 0.211. The number of benzene rings is 2. The molecule has 0 aliphatic heterocycles. The van der Waals surface area contributed by atoms with Crippen LogP contribution in [0.3, 0.4) is 0 Å². The second kappa shape index (κ2) is 6.20. The first kappa shape index (κ1) is 15.8. The van der Waals surface area contributed by atoms with Gasteiger partial charge in [0, 0.05) is 40.2 Å². The van der Waals surface area contributed by atoms with Crippen LogP contribution < -0.4 is 5.32 Å². The lowest BCUT2D eigenvalue weighted by molar-refractivity contribution is 0.0951. The minimum Gasteiger partial charge on any atom is -0.348 e. The van der Waals surface area contributed by atoms with Crippen LogP contribution >= 0.6 is 15.9 Å². The molecule has 118 valence electrons. The van der Waals surface area contributed by atoms with Crippen molar-refractivity contribution in [1.82, 2.24) is 9.88 Å². The summed E-state index contributed by atoms with van der Waals surface area (Å²) in [5.74, 6) is -0.0484. The molecule has 3 nitrogen and oxygen atoms in total. The van der Waals surface area contributed by atoms with Gasteiger partial charge in [0.1, 0.15) is 0 Å². The van der Waals surface area contributed by atoms with Crippen LogP contribution in [-0.2, 0) is 13.6 Å². The first-order valence-corrected chi connectivity index (χ1v) is 8.35. The third-order valence-corrected chi connectivity index (χ3v) is 4.91. The van der Waals surface area contributed by atoms with Gasteiger partial charge in [0.05, 0.1) is 0 Å². The van der Waals surface area contributed by atoms with Crippen LogP contribution in [0.1, 0.15) is 27.2 Å². The van der Waals surface area contributed by atoms with E-state index in [-0.39, 0.29) is 5.91 Å². The number of carbonyl (C=O) groups excluding carboxylic acids is 1. The predicted molar refractivity (Wildman–Crippen MR) is 97.7 cm³/mol. The number of nitrogens with one attached hydrogen (secondary N) is 1. The fourth-order valence-corrected chi connectivity index (χ4v) is 3.28. The van der Waals surface area contributed by atoms with Crippen molar-refractivity contribution in [2.45, 2.75) is 20.4 Å². The van der Waals surface area contributed by atoms with Crippen molar-refractivity contribution in [1.29, 1.82) is 0 Å². The maximum Gasteiger partial charge on any atom is 0.251 e. The zero-order valence-corrected chi connectivity index (χ0v) is 15.1. The Morgan fingerprint density at radius 1 is 1.17 bits per heavy atom. The summed E-state index contributed by atoms with van der Waals surface area (Å²) in [6.45, 7) is 4.71. The van der Waals surface area contributed by atoms with Crippen LogP contribution in [0.4, 0.5) is 0 Å². The molecule has 0 aliphatic rings. The van der Waals surface area contributed by atoms with Gasteiger partial charge in [-0.05, 0) is 55.3 Å². The number of rotatable bonds is 3. The Kier molecular flexibility index (Phi) is 4.26. The van der Waals surface area contributed by atoms with Gasteiger partial charge in [-0.3, -0.25) is 4.79 Å². The van der Waals surface area contributed by atoms with Crippen LogP contribution in [0.25, 0.3) is 10.9 Å². The second-order valence-corrected chi connectivity index (χ2v) is 6.73. The first-order valence-electron chi connectivity index (χ1n) is 7.55. The minimum atomic E-state index is -0.0484. The van der Waals surface area contributed by atoms with Crippen LogP contribution in [0.15, 0.2) is 46.9 Å². The molecule has 1 aromatic heterocycles. The highest BCUT2D eigenvalue weighted by molar-refractivity contribution is 9.10. The van der Waals surface area contributed by atoms with Crippen molar-refractivity contribution in [2.75, 3.05) is 0 Å². The van der Waals surface area contributed by atoms with Crippen LogP contribution in [0.5, 0.6) is 0 Å². The van der Waals surface area contributed by atoms with Gasteiger partial charge in [0.15, 0.2) is 0 Å². The largest absolute Gasteiger partial charge is 0.348 e. The van der Waals surface area contributed by atoms with Crippen molar-refractivity contribution in [3.8, 4) is 0 Å². The van der Waals surface area contributed by atoms with E-state index in [4.69, 9.17) is 0 Å². The summed E-state index contributed by atoms with van der Waals surface area (Å²) in [5, 5.41) is 4.12. The molecule has 0 unspecified atom stereocenters. The third kappa shape index (κ3) is 3.04. The smallest absolute Gasteiger partial charge is 0.251 e. The Hall–Kier alpha value is -2.07. The van der Waals surface area contributed by atoms with Crippen molar-refractivity contribution in [2.24, 2.45) is 7.05 Å². The molecule has 3 aromatic rings. The molecule has 0 fully saturated rings. The van der Waals surface area contributed by atoms with Gasteiger partial charge in [-0.1, -0.05) is 28.1 Å². The molecule has 1 N–H and O–H groups in total. The SMILES string of the molecule is Cc1c(C)n(C)c2ccc(C(=O)NCc3cccc(Br)c3)cc12. The van der Waals surface area contributed by atoms with Gasteiger partial charge in [0.2, 0.25) is 0 Å². The number of aryl methyl sites for hydroxylation is 2. The van der Waals surface area contributed by atoms with E-state index in [1.54, 1.807) is 0 Å². The standard InChI is InChI=1S/C19H19BrN2O/c1-12-13(2)22(3)18-8-7-15(10-17(12)18)19(23)21-11-14-5-4-6-16(20)9-14/h4-10H,11H2,1-3H3,(H,21,23). The maximum atomic E-state index is 12.4. The van der Waals surface area contributed by atoms with Gasteiger partial charge < -0.3 is 9.88 Å². The lowest BCUT2D eigenvalue weighted by Gasteiger charge is -2.07. The fourth-order valence-electron chi connectivity index (χ4n) is 2.83. The zero-order chi connectivity index (χ0) is 16.6. The molecule has 0 saturated carbocycles. The first-order chi connectivity index (χ1) is 11.0.